The van der Waals surface area contributed by atoms with Gasteiger partial charge >= 0.3 is 5.97 Å². The first kappa shape index (κ1) is 17.9. The van der Waals surface area contributed by atoms with Gasteiger partial charge in [0.25, 0.3) is 0 Å². The number of likely N-dealkylation sites (tertiary alicyclic amines) is 2. The summed E-state index contributed by atoms with van der Waals surface area (Å²) < 4.78 is 0. The number of aromatic nitrogens is 1. The largest absolute Gasteiger partial charge is 0.480 e. The maximum absolute atomic E-state index is 13.2. The van der Waals surface area contributed by atoms with Gasteiger partial charge in [-0.25, -0.2) is 4.79 Å². The third-order valence-electron chi connectivity index (χ3n) is 6.27. The van der Waals surface area contributed by atoms with Crippen LogP contribution in [-0.4, -0.2) is 56.3 Å². The summed E-state index contributed by atoms with van der Waals surface area (Å²) in [5.41, 5.74) is 0.788. The number of aliphatic carboxylic acids is 1. The van der Waals surface area contributed by atoms with Gasteiger partial charge in [0, 0.05) is 25.2 Å². The molecule has 144 valence electrons. The molecule has 0 unspecified atom stereocenters. The molecule has 1 N–H and O–H groups in total. The minimum atomic E-state index is -0.924. The molecule has 2 aliphatic heterocycles. The van der Waals surface area contributed by atoms with Gasteiger partial charge in [0.05, 0.1) is 18.2 Å². The molecule has 1 aromatic heterocycles. The predicted molar refractivity (Wildman–Crippen MR) is 96.4 cm³/mol. The molecule has 7 nitrogen and oxygen atoms in total. The Kier molecular flexibility index (Phi) is 4.85. The van der Waals surface area contributed by atoms with Crippen LogP contribution in [0, 0.1) is 11.8 Å². The van der Waals surface area contributed by atoms with E-state index in [2.05, 4.69) is 4.98 Å². The average molecular weight is 371 g/mol. The number of pyridine rings is 1. The third-order valence-corrected chi connectivity index (χ3v) is 6.27. The second-order valence-corrected chi connectivity index (χ2v) is 7.94. The van der Waals surface area contributed by atoms with E-state index in [4.69, 9.17) is 0 Å². The molecular formula is C20H25N3O4. The highest BCUT2D eigenvalue weighted by Crippen LogP contribution is 2.41. The van der Waals surface area contributed by atoms with Crippen molar-refractivity contribution in [3.63, 3.8) is 0 Å². The predicted octanol–water partition coefficient (Wildman–Crippen LogP) is 1.67. The fourth-order valence-corrected chi connectivity index (χ4v) is 4.99. The number of amides is 2. The van der Waals surface area contributed by atoms with E-state index in [0.717, 1.165) is 31.4 Å². The lowest BCUT2D eigenvalue weighted by atomic mass is 9.84. The molecule has 7 heteroatoms. The second kappa shape index (κ2) is 7.29. The molecule has 1 saturated carbocycles. The fourth-order valence-electron chi connectivity index (χ4n) is 4.99. The van der Waals surface area contributed by atoms with Crippen molar-refractivity contribution in [3.05, 3.63) is 30.1 Å². The number of carboxylic acids is 1. The topological polar surface area (TPSA) is 90.8 Å². The summed E-state index contributed by atoms with van der Waals surface area (Å²) in [6.07, 6.45) is 6.40. The van der Waals surface area contributed by atoms with Gasteiger partial charge in [0.2, 0.25) is 11.8 Å². The van der Waals surface area contributed by atoms with Crippen LogP contribution < -0.4 is 0 Å². The van der Waals surface area contributed by atoms with Gasteiger partial charge in [-0.15, -0.1) is 0 Å². The molecule has 27 heavy (non-hydrogen) atoms. The molecular weight excluding hydrogens is 346 g/mol. The van der Waals surface area contributed by atoms with Gasteiger partial charge < -0.3 is 14.9 Å². The highest BCUT2D eigenvalue weighted by molar-refractivity contribution is 5.92. The normalized spacial score (nSPS) is 30.4. The van der Waals surface area contributed by atoms with Crippen LogP contribution in [0.2, 0.25) is 0 Å². The van der Waals surface area contributed by atoms with Crippen molar-refractivity contribution >= 4 is 17.8 Å². The molecule has 3 heterocycles. The minimum absolute atomic E-state index is 0.0206. The number of fused-ring (bicyclic) bond motifs is 1. The quantitative estimate of drug-likeness (QED) is 0.869. The van der Waals surface area contributed by atoms with Crippen molar-refractivity contribution in [2.75, 3.05) is 6.54 Å². The summed E-state index contributed by atoms with van der Waals surface area (Å²) in [5, 5.41) is 9.64. The Balaban J connectivity index is 1.48. The van der Waals surface area contributed by atoms with Crippen LogP contribution in [0.5, 0.6) is 0 Å². The first-order chi connectivity index (χ1) is 13.0. The third kappa shape index (κ3) is 3.42. The van der Waals surface area contributed by atoms with E-state index in [9.17, 15) is 19.5 Å². The molecule has 1 aliphatic carbocycles. The van der Waals surface area contributed by atoms with E-state index in [1.54, 1.807) is 16.0 Å². The van der Waals surface area contributed by atoms with E-state index in [1.807, 2.05) is 18.2 Å². The highest BCUT2D eigenvalue weighted by atomic mass is 16.4. The van der Waals surface area contributed by atoms with Crippen LogP contribution >= 0.6 is 0 Å². The summed E-state index contributed by atoms with van der Waals surface area (Å²) in [7, 11) is 0. The van der Waals surface area contributed by atoms with Gasteiger partial charge in [0.15, 0.2) is 0 Å². The zero-order chi connectivity index (χ0) is 19.0. The molecule has 2 amide bonds. The van der Waals surface area contributed by atoms with E-state index in [0.29, 0.717) is 19.5 Å². The summed E-state index contributed by atoms with van der Waals surface area (Å²) in [6.45, 7) is 0.729. The van der Waals surface area contributed by atoms with Crippen molar-refractivity contribution in [2.45, 2.75) is 57.2 Å². The molecule has 3 fully saturated rings. The summed E-state index contributed by atoms with van der Waals surface area (Å²) in [4.78, 5) is 44.9. The van der Waals surface area contributed by atoms with Crippen molar-refractivity contribution in [2.24, 2.45) is 11.8 Å². The van der Waals surface area contributed by atoms with Gasteiger partial charge in [-0.2, -0.15) is 0 Å². The Morgan fingerprint density at radius 3 is 2.78 bits per heavy atom. The van der Waals surface area contributed by atoms with E-state index < -0.39 is 17.9 Å². The van der Waals surface area contributed by atoms with Gasteiger partial charge in [-0.3, -0.25) is 14.6 Å². The molecule has 0 radical (unpaired) electrons. The van der Waals surface area contributed by atoms with Crippen LogP contribution in [0.15, 0.2) is 24.4 Å². The lowest BCUT2D eigenvalue weighted by molar-refractivity contribution is -0.151. The number of rotatable bonds is 4. The number of hydrogen-bond donors (Lipinski definition) is 1. The number of carbonyl (C=O) groups excluding carboxylic acids is 2. The van der Waals surface area contributed by atoms with Crippen molar-refractivity contribution in [1.29, 1.82) is 0 Å². The average Bonchev–Trinajstić information content (AvgIpc) is 3.23. The summed E-state index contributed by atoms with van der Waals surface area (Å²) in [6, 6.07) is 4.83. The van der Waals surface area contributed by atoms with Gasteiger partial charge in [-0.05, 0) is 37.3 Å². The molecule has 4 rings (SSSR count). The molecule has 2 saturated heterocycles. The van der Waals surface area contributed by atoms with E-state index in [1.165, 1.54) is 0 Å². The van der Waals surface area contributed by atoms with Crippen LogP contribution in [0.1, 0.15) is 44.2 Å². The van der Waals surface area contributed by atoms with Crippen molar-refractivity contribution < 1.29 is 19.5 Å². The molecule has 0 aromatic carbocycles. The Morgan fingerprint density at radius 2 is 2.04 bits per heavy atom. The number of hydrogen-bond acceptors (Lipinski definition) is 4. The Hall–Kier alpha value is -2.44. The zero-order valence-corrected chi connectivity index (χ0v) is 15.3. The van der Waals surface area contributed by atoms with Crippen LogP contribution in [-0.2, 0) is 20.9 Å². The molecule has 1 aromatic rings. The minimum Gasteiger partial charge on any atom is -0.480 e. The SMILES string of the molecule is O=C(O)[C@@H]1C[C@@H]2CCCC[C@H]2N1C(=O)[C@@H]1CC(=O)N(Cc2ccccn2)C1. The Bertz CT molecular complexity index is 738. The second-order valence-electron chi connectivity index (χ2n) is 7.94. The number of carbonyl (C=O) groups is 3. The monoisotopic (exact) mass is 371 g/mol. The molecule has 0 bridgehead atoms. The van der Waals surface area contributed by atoms with Gasteiger partial charge in [-0.1, -0.05) is 18.9 Å². The maximum atomic E-state index is 13.2. The smallest absolute Gasteiger partial charge is 0.326 e. The van der Waals surface area contributed by atoms with Crippen LogP contribution in [0.25, 0.3) is 0 Å². The Labute approximate surface area is 158 Å². The highest BCUT2D eigenvalue weighted by Gasteiger charge is 2.50. The zero-order valence-electron chi connectivity index (χ0n) is 15.3. The Morgan fingerprint density at radius 1 is 1.22 bits per heavy atom. The first-order valence-electron chi connectivity index (χ1n) is 9.77. The fraction of sp³-hybridized carbons (Fsp3) is 0.600. The molecule has 4 atom stereocenters. The lowest BCUT2D eigenvalue weighted by Crippen LogP contribution is -2.49. The number of nitrogens with zero attached hydrogens (tertiary/aromatic N) is 3. The molecule has 3 aliphatic rings. The van der Waals surface area contributed by atoms with Crippen LogP contribution in [0.3, 0.4) is 0 Å². The van der Waals surface area contributed by atoms with Gasteiger partial charge in [0.1, 0.15) is 6.04 Å². The van der Waals surface area contributed by atoms with Crippen molar-refractivity contribution in [3.8, 4) is 0 Å². The van der Waals surface area contributed by atoms with E-state index in [-0.39, 0.29) is 30.2 Å². The summed E-state index contributed by atoms with van der Waals surface area (Å²) >= 11 is 0. The van der Waals surface area contributed by atoms with Crippen LogP contribution in [0.4, 0.5) is 0 Å². The van der Waals surface area contributed by atoms with E-state index >= 15 is 0 Å². The lowest BCUT2D eigenvalue weighted by Gasteiger charge is -2.34. The standard InChI is InChI=1S/C20H25N3O4/c24-18-10-14(11-22(18)12-15-6-3-4-8-21-15)19(25)23-16-7-2-1-5-13(16)9-17(23)20(26)27/h3-4,6,8,13-14,16-17H,1-2,5,7,9-12H2,(H,26,27)/t13-,14+,16+,17-/m0/s1. The first-order valence-corrected chi connectivity index (χ1v) is 9.77. The number of carboxylic acid groups (broad SMARTS) is 1. The maximum Gasteiger partial charge on any atom is 0.326 e. The molecule has 0 spiro atoms. The summed E-state index contributed by atoms with van der Waals surface area (Å²) in [5.74, 6) is -1.32. The van der Waals surface area contributed by atoms with Crippen molar-refractivity contribution in [1.82, 2.24) is 14.8 Å².